The van der Waals surface area contributed by atoms with Crippen LogP contribution in [0.5, 0.6) is 0 Å². The lowest BCUT2D eigenvalue weighted by molar-refractivity contribution is -0.162. The third-order valence-corrected chi connectivity index (χ3v) is 0.964. The lowest BCUT2D eigenvalue weighted by Gasteiger charge is -2.08. The highest BCUT2D eigenvalue weighted by atomic mass is 16.6. The molecule has 0 saturated heterocycles. The number of carbonyl (C=O) groups is 2. The summed E-state index contributed by atoms with van der Waals surface area (Å²) in [6.07, 6.45) is 0.432. The molecule has 0 aliphatic carbocycles. The van der Waals surface area contributed by atoms with Crippen LogP contribution in [0.4, 0.5) is 0 Å². The van der Waals surface area contributed by atoms with Crippen molar-refractivity contribution in [2.24, 2.45) is 0 Å². The number of carbonyl (C=O) groups excluding carboxylic acids is 1. The van der Waals surface area contributed by atoms with Crippen molar-refractivity contribution in [3.8, 4) is 0 Å². The minimum Gasteiger partial charge on any atom is -0.478 e. The summed E-state index contributed by atoms with van der Waals surface area (Å²) in [7, 11) is 0. The molecule has 0 aromatic carbocycles. The van der Waals surface area contributed by atoms with Gasteiger partial charge in [0.1, 0.15) is 0 Å². The minimum absolute atomic E-state index is 0.134. The van der Waals surface area contributed by atoms with Crippen molar-refractivity contribution in [1.29, 1.82) is 0 Å². The first-order chi connectivity index (χ1) is 5.07. The van der Waals surface area contributed by atoms with Gasteiger partial charge in [0.15, 0.2) is 0 Å². The van der Waals surface area contributed by atoms with Crippen LogP contribution >= 0.6 is 0 Å². The molecule has 0 amide bonds. The van der Waals surface area contributed by atoms with Gasteiger partial charge < -0.3 is 9.84 Å². The lowest BCUT2D eigenvalue weighted by Crippen LogP contribution is -2.25. The number of rotatable bonds is 4. The third-order valence-electron chi connectivity index (χ3n) is 0.964. The molecule has 1 atom stereocenters. The number of hydrogen-bond donors (Lipinski definition) is 1. The molecule has 0 fully saturated rings. The fraction of sp³-hybridized carbons (Fsp3) is 0.429. The summed E-state index contributed by atoms with van der Waals surface area (Å²) in [5, 5.41) is 8.43. The van der Waals surface area contributed by atoms with Gasteiger partial charge in [-0.3, -0.25) is 4.79 Å². The molecule has 0 spiro atoms. The molecule has 4 heteroatoms. The smallest absolute Gasteiger partial charge is 0.345 e. The minimum atomic E-state index is -1.15. The predicted molar refractivity (Wildman–Crippen MR) is 38.0 cm³/mol. The van der Waals surface area contributed by atoms with Crippen LogP contribution in [0.25, 0.3) is 0 Å². The maximum atomic E-state index is 10.3. The van der Waals surface area contributed by atoms with E-state index in [2.05, 4.69) is 11.3 Å². The van der Waals surface area contributed by atoms with Crippen LogP contribution in [0.15, 0.2) is 12.7 Å². The maximum absolute atomic E-state index is 10.3. The Morgan fingerprint density at radius 3 is 2.55 bits per heavy atom. The molecule has 0 heterocycles. The first kappa shape index (κ1) is 9.68. The summed E-state index contributed by atoms with van der Waals surface area (Å²) < 4.78 is 4.44. The van der Waals surface area contributed by atoms with Crippen LogP contribution in [0.1, 0.15) is 13.3 Å². The summed E-state index contributed by atoms with van der Waals surface area (Å²) in [5.41, 5.74) is 0. The highest BCUT2D eigenvalue weighted by Gasteiger charge is 2.17. The molecular formula is C7H10O4. The number of carboxylic acid groups (broad SMARTS) is 1. The van der Waals surface area contributed by atoms with Crippen molar-refractivity contribution in [1.82, 2.24) is 0 Å². The topological polar surface area (TPSA) is 63.6 Å². The van der Waals surface area contributed by atoms with Gasteiger partial charge >= 0.3 is 11.9 Å². The Labute approximate surface area is 64.5 Å². The second-order valence-corrected chi connectivity index (χ2v) is 1.96. The second-order valence-electron chi connectivity index (χ2n) is 1.96. The van der Waals surface area contributed by atoms with Gasteiger partial charge in [-0.2, -0.15) is 0 Å². The van der Waals surface area contributed by atoms with Crippen molar-refractivity contribution >= 4 is 11.9 Å². The van der Waals surface area contributed by atoms with Crippen LogP contribution in [0.2, 0.25) is 0 Å². The molecule has 0 aromatic heterocycles. The van der Waals surface area contributed by atoms with Crippen LogP contribution in [0, 0.1) is 0 Å². The summed E-state index contributed by atoms with van der Waals surface area (Å²) in [6.45, 7) is 4.50. The largest absolute Gasteiger partial charge is 0.478 e. The summed E-state index contributed by atoms with van der Waals surface area (Å²) in [5.74, 6) is -1.75. The molecule has 0 rings (SSSR count). The standard InChI is InChI=1S/C7H10O4/c1-3-4-6(7(9)10)11-5(2)8/h3,6H,1,4H2,2H3,(H,9,10). The highest BCUT2D eigenvalue weighted by molar-refractivity contribution is 5.77. The molecule has 0 radical (unpaired) electrons. The molecule has 1 unspecified atom stereocenters. The van der Waals surface area contributed by atoms with E-state index in [0.717, 1.165) is 0 Å². The van der Waals surface area contributed by atoms with Crippen LogP contribution < -0.4 is 0 Å². The van der Waals surface area contributed by atoms with Gasteiger partial charge in [0.2, 0.25) is 6.10 Å². The Morgan fingerprint density at radius 2 is 2.27 bits per heavy atom. The molecular weight excluding hydrogens is 148 g/mol. The Balaban J connectivity index is 3.99. The van der Waals surface area contributed by atoms with Crippen LogP contribution in [0.3, 0.4) is 0 Å². The second kappa shape index (κ2) is 4.49. The number of esters is 1. The van der Waals surface area contributed by atoms with Crippen molar-refractivity contribution in [3.63, 3.8) is 0 Å². The van der Waals surface area contributed by atoms with E-state index < -0.39 is 18.0 Å². The van der Waals surface area contributed by atoms with Gasteiger partial charge in [-0.1, -0.05) is 6.08 Å². The van der Waals surface area contributed by atoms with E-state index in [0.29, 0.717) is 0 Å². The van der Waals surface area contributed by atoms with Crippen LogP contribution in [-0.2, 0) is 14.3 Å². The average molecular weight is 158 g/mol. The van der Waals surface area contributed by atoms with Gasteiger partial charge in [0.25, 0.3) is 0 Å². The van der Waals surface area contributed by atoms with Gasteiger partial charge in [0.05, 0.1) is 0 Å². The quantitative estimate of drug-likeness (QED) is 0.480. The normalized spacial score (nSPS) is 11.7. The summed E-state index contributed by atoms with van der Waals surface area (Å²) in [4.78, 5) is 20.6. The Kier molecular flexibility index (Phi) is 3.95. The van der Waals surface area contributed by atoms with E-state index in [1.807, 2.05) is 0 Å². The van der Waals surface area contributed by atoms with Gasteiger partial charge in [-0.15, -0.1) is 6.58 Å². The average Bonchev–Trinajstić information content (AvgIpc) is 1.86. The van der Waals surface area contributed by atoms with E-state index in [9.17, 15) is 9.59 Å². The molecule has 62 valence electrons. The molecule has 0 aliphatic heterocycles. The first-order valence-electron chi connectivity index (χ1n) is 3.09. The zero-order valence-electron chi connectivity index (χ0n) is 6.24. The van der Waals surface area contributed by atoms with E-state index in [1.165, 1.54) is 13.0 Å². The zero-order valence-corrected chi connectivity index (χ0v) is 6.24. The fourth-order valence-electron chi connectivity index (χ4n) is 0.551. The molecule has 0 aliphatic rings. The van der Waals surface area contributed by atoms with E-state index in [-0.39, 0.29) is 6.42 Å². The number of hydrogen-bond acceptors (Lipinski definition) is 3. The van der Waals surface area contributed by atoms with Gasteiger partial charge in [-0.05, 0) is 0 Å². The van der Waals surface area contributed by atoms with E-state index in [4.69, 9.17) is 5.11 Å². The van der Waals surface area contributed by atoms with Crippen molar-refractivity contribution in [2.75, 3.05) is 0 Å². The summed E-state index contributed by atoms with van der Waals surface area (Å²) in [6, 6.07) is 0. The molecule has 4 nitrogen and oxygen atoms in total. The Bertz CT molecular complexity index is 173. The SMILES string of the molecule is C=CCC(OC(C)=O)C(=O)O. The molecule has 11 heavy (non-hydrogen) atoms. The van der Waals surface area contributed by atoms with Crippen molar-refractivity contribution in [3.05, 3.63) is 12.7 Å². The predicted octanol–water partition coefficient (Wildman–Crippen LogP) is 0.579. The Morgan fingerprint density at radius 1 is 1.73 bits per heavy atom. The van der Waals surface area contributed by atoms with Crippen molar-refractivity contribution in [2.45, 2.75) is 19.4 Å². The van der Waals surface area contributed by atoms with E-state index >= 15 is 0 Å². The van der Waals surface area contributed by atoms with Gasteiger partial charge in [-0.25, -0.2) is 4.79 Å². The highest BCUT2D eigenvalue weighted by Crippen LogP contribution is 1.99. The third kappa shape index (κ3) is 4.13. The van der Waals surface area contributed by atoms with Gasteiger partial charge in [0, 0.05) is 13.3 Å². The number of aliphatic carboxylic acids is 1. The summed E-state index contributed by atoms with van der Waals surface area (Å²) >= 11 is 0. The molecule has 1 N–H and O–H groups in total. The monoisotopic (exact) mass is 158 g/mol. The molecule has 0 bridgehead atoms. The fourth-order valence-corrected chi connectivity index (χ4v) is 0.551. The number of carboxylic acids is 1. The lowest BCUT2D eigenvalue weighted by atomic mass is 10.2. The molecule has 0 saturated carbocycles. The maximum Gasteiger partial charge on any atom is 0.345 e. The molecule has 0 aromatic rings. The first-order valence-corrected chi connectivity index (χ1v) is 3.09. The number of ether oxygens (including phenoxy) is 1. The van der Waals surface area contributed by atoms with E-state index in [1.54, 1.807) is 0 Å². The zero-order chi connectivity index (χ0) is 8.85. The Hall–Kier alpha value is -1.32. The van der Waals surface area contributed by atoms with Crippen LogP contribution in [-0.4, -0.2) is 23.1 Å². The van der Waals surface area contributed by atoms with Crippen molar-refractivity contribution < 1.29 is 19.4 Å².